The first-order valence-electron chi connectivity index (χ1n) is 8.64. The number of fused-ring (bicyclic) bond motifs is 3. The summed E-state index contributed by atoms with van der Waals surface area (Å²) < 4.78 is 14.0. The molecule has 0 amide bonds. The Kier molecular flexibility index (Phi) is 3.46. The molecular weight excluding hydrogens is 278 g/mol. The monoisotopic (exact) mass is 305 g/mol. The van der Waals surface area contributed by atoms with Crippen molar-refractivity contribution in [1.82, 2.24) is 9.78 Å². The summed E-state index contributed by atoms with van der Waals surface area (Å²) in [4.78, 5) is 0. The molecule has 3 aliphatic rings. The van der Waals surface area contributed by atoms with Crippen molar-refractivity contribution in [2.75, 3.05) is 18.5 Å². The van der Waals surface area contributed by atoms with E-state index in [2.05, 4.69) is 35.9 Å². The van der Waals surface area contributed by atoms with E-state index in [1.165, 1.54) is 17.8 Å². The molecule has 1 spiro atoms. The number of hydrogen-bond acceptors (Lipinski definition) is 4. The lowest BCUT2D eigenvalue weighted by Crippen LogP contribution is -2.42. The Labute approximate surface area is 132 Å². The van der Waals surface area contributed by atoms with E-state index in [1.54, 1.807) is 0 Å². The van der Waals surface area contributed by atoms with Crippen molar-refractivity contribution in [2.24, 2.45) is 17.8 Å². The van der Waals surface area contributed by atoms with Crippen molar-refractivity contribution in [3.05, 3.63) is 11.9 Å². The molecule has 2 heterocycles. The number of ether oxygens (including phenoxy) is 2. The van der Waals surface area contributed by atoms with Gasteiger partial charge in [0.15, 0.2) is 5.79 Å². The molecule has 5 heteroatoms. The van der Waals surface area contributed by atoms with Crippen LogP contribution in [0.15, 0.2) is 6.20 Å². The minimum Gasteiger partial charge on any atom is -0.379 e. The zero-order chi connectivity index (χ0) is 15.3. The van der Waals surface area contributed by atoms with Crippen molar-refractivity contribution in [1.29, 1.82) is 0 Å². The summed E-state index contributed by atoms with van der Waals surface area (Å²) in [6, 6.07) is 0.541. The molecule has 0 aromatic carbocycles. The molecule has 0 radical (unpaired) electrons. The molecular formula is C17H27N3O2. The molecule has 1 aliphatic heterocycles. The average molecular weight is 305 g/mol. The summed E-state index contributed by atoms with van der Waals surface area (Å²) in [5.41, 5.74) is 2.44. The van der Waals surface area contributed by atoms with E-state index in [1.807, 2.05) is 6.20 Å². The lowest BCUT2D eigenvalue weighted by Gasteiger charge is -2.35. The lowest BCUT2D eigenvalue weighted by atomic mass is 9.90. The van der Waals surface area contributed by atoms with Crippen LogP contribution >= 0.6 is 0 Å². The highest BCUT2D eigenvalue weighted by Crippen LogP contribution is 2.55. The fraction of sp³-hybridized carbons (Fsp3) is 0.824. The summed E-state index contributed by atoms with van der Waals surface area (Å²) in [7, 11) is 0. The molecule has 2 bridgehead atoms. The third-order valence-electron chi connectivity index (χ3n) is 5.62. The molecule has 1 N–H and O–H groups in total. The van der Waals surface area contributed by atoms with Crippen LogP contribution in [0.1, 0.15) is 38.8 Å². The van der Waals surface area contributed by atoms with Gasteiger partial charge >= 0.3 is 0 Å². The zero-order valence-corrected chi connectivity index (χ0v) is 13.8. The van der Waals surface area contributed by atoms with Crippen LogP contribution in [0, 0.1) is 24.7 Å². The van der Waals surface area contributed by atoms with Crippen LogP contribution in [0.4, 0.5) is 5.69 Å². The molecule has 22 heavy (non-hydrogen) atoms. The van der Waals surface area contributed by atoms with Gasteiger partial charge in [-0.25, -0.2) is 0 Å². The van der Waals surface area contributed by atoms with Gasteiger partial charge in [-0.3, -0.25) is 4.68 Å². The fourth-order valence-corrected chi connectivity index (χ4v) is 4.56. The van der Waals surface area contributed by atoms with Crippen molar-refractivity contribution >= 4 is 5.69 Å². The summed E-state index contributed by atoms with van der Waals surface area (Å²) in [6.45, 7) is 9.13. The van der Waals surface area contributed by atoms with Gasteiger partial charge in [0.2, 0.25) is 0 Å². The average Bonchev–Trinajstić information content (AvgIpc) is 3.21. The maximum absolute atomic E-state index is 5.94. The van der Waals surface area contributed by atoms with Gasteiger partial charge in [0.1, 0.15) is 0 Å². The topological polar surface area (TPSA) is 48.3 Å². The van der Waals surface area contributed by atoms with Gasteiger partial charge < -0.3 is 14.8 Å². The number of nitrogens with one attached hydrogen (secondary N) is 1. The lowest BCUT2D eigenvalue weighted by molar-refractivity contribution is -0.190. The summed E-state index contributed by atoms with van der Waals surface area (Å²) in [5.74, 6) is 1.60. The second-order valence-corrected chi connectivity index (χ2v) is 7.61. The number of aromatic nitrogens is 2. The van der Waals surface area contributed by atoms with Gasteiger partial charge in [-0.15, -0.1) is 0 Å². The highest BCUT2D eigenvalue weighted by Gasteiger charge is 2.58. The first-order valence-corrected chi connectivity index (χ1v) is 8.64. The van der Waals surface area contributed by atoms with Crippen molar-refractivity contribution < 1.29 is 9.47 Å². The Morgan fingerprint density at radius 1 is 1.36 bits per heavy atom. The molecule has 122 valence electrons. The predicted molar refractivity (Wildman–Crippen MR) is 84.7 cm³/mol. The Bertz CT molecular complexity index is 548. The van der Waals surface area contributed by atoms with Crippen LogP contribution in [0.3, 0.4) is 0 Å². The minimum atomic E-state index is -0.236. The quantitative estimate of drug-likeness (QED) is 0.929. The molecule has 2 aliphatic carbocycles. The van der Waals surface area contributed by atoms with E-state index >= 15 is 0 Å². The van der Waals surface area contributed by atoms with Gasteiger partial charge in [0.25, 0.3) is 0 Å². The molecule has 3 fully saturated rings. The van der Waals surface area contributed by atoms with Crippen molar-refractivity contribution in [3.8, 4) is 0 Å². The maximum Gasteiger partial charge on any atom is 0.171 e. The van der Waals surface area contributed by atoms with E-state index in [4.69, 9.17) is 9.47 Å². The second-order valence-electron chi connectivity index (χ2n) is 7.61. The number of anilines is 1. The normalized spacial score (nSPS) is 32.5. The van der Waals surface area contributed by atoms with Crippen LogP contribution in [-0.2, 0) is 16.0 Å². The molecule has 3 atom stereocenters. The molecule has 4 rings (SSSR count). The first-order chi connectivity index (χ1) is 10.6. The highest BCUT2D eigenvalue weighted by atomic mass is 16.7. The Morgan fingerprint density at radius 3 is 2.77 bits per heavy atom. The minimum absolute atomic E-state index is 0.236. The zero-order valence-electron chi connectivity index (χ0n) is 13.8. The molecule has 1 unspecified atom stereocenters. The summed E-state index contributed by atoms with van der Waals surface area (Å²) in [5, 5.41) is 8.28. The molecule has 1 saturated heterocycles. The van der Waals surface area contributed by atoms with Crippen LogP contribution in [0.5, 0.6) is 0 Å². The van der Waals surface area contributed by atoms with Crippen LogP contribution in [-0.4, -0.2) is 34.8 Å². The summed E-state index contributed by atoms with van der Waals surface area (Å²) in [6.07, 6.45) is 5.42. The van der Waals surface area contributed by atoms with Crippen molar-refractivity contribution in [2.45, 2.75) is 58.4 Å². The van der Waals surface area contributed by atoms with Crippen LogP contribution in [0.2, 0.25) is 0 Å². The van der Waals surface area contributed by atoms with E-state index < -0.39 is 0 Å². The van der Waals surface area contributed by atoms with Gasteiger partial charge in [0.05, 0.1) is 30.8 Å². The number of nitrogens with zero attached hydrogens (tertiary/aromatic N) is 2. The van der Waals surface area contributed by atoms with Crippen LogP contribution < -0.4 is 5.32 Å². The number of hydrogen-bond donors (Lipinski definition) is 1. The van der Waals surface area contributed by atoms with E-state index in [9.17, 15) is 0 Å². The largest absolute Gasteiger partial charge is 0.379 e. The first kappa shape index (κ1) is 14.5. The van der Waals surface area contributed by atoms with E-state index in [0.717, 1.165) is 32.6 Å². The maximum atomic E-state index is 5.94. The number of rotatable bonds is 4. The van der Waals surface area contributed by atoms with Crippen LogP contribution in [0.25, 0.3) is 0 Å². The van der Waals surface area contributed by atoms with Crippen molar-refractivity contribution in [3.63, 3.8) is 0 Å². The van der Waals surface area contributed by atoms with E-state index in [0.29, 0.717) is 23.8 Å². The Morgan fingerprint density at radius 2 is 2.14 bits per heavy atom. The predicted octanol–water partition coefficient (Wildman–Crippen LogP) is 2.80. The molecule has 1 aromatic heterocycles. The smallest absolute Gasteiger partial charge is 0.171 e. The third-order valence-corrected chi connectivity index (χ3v) is 5.62. The molecule has 5 nitrogen and oxygen atoms in total. The van der Waals surface area contributed by atoms with Gasteiger partial charge in [-0.1, -0.05) is 13.8 Å². The molecule has 2 saturated carbocycles. The molecule has 1 aromatic rings. The highest BCUT2D eigenvalue weighted by molar-refractivity contribution is 5.47. The second kappa shape index (κ2) is 5.24. The van der Waals surface area contributed by atoms with Gasteiger partial charge in [-0.05, 0) is 31.6 Å². The fourth-order valence-electron chi connectivity index (χ4n) is 4.56. The van der Waals surface area contributed by atoms with E-state index in [-0.39, 0.29) is 5.79 Å². The standard InChI is InChI=1S/C17H27N3O2/c1-11(2)10-20-12(3)16(9-18-20)19-15-7-14-6-13(15)8-17(14)21-4-5-22-17/h9,11,13-15,19H,4-8,10H2,1-3H3/t13-,14-,15?/m0/s1. The van der Waals surface area contributed by atoms with Gasteiger partial charge in [-0.2, -0.15) is 5.10 Å². The summed E-state index contributed by atoms with van der Waals surface area (Å²) >= 11 is 0. The Balaban J connectivity index is 1.43. The van der Waals surface area contributed by atoms with Gasteiger partial charge in [0, 0.05) is 24.9 Å². The SMILES string of the molecule is Cc1c(NC2C[C@@H]3C[C@H]2CC32OCCO2)cnn1CC(C)C. The third kappa shape index (κ3) is 2.26. The Hall–Kier alpha value is -1.07.